The zero-order valence-electron chi connectivity index (χ0n) is 19.4. The summed E-state index contributed by atoms with van der Waals surface area (Å²) in [7, 11) is 0. The van der Waals surface area contributed by atoms with Crippen molar-refractivity contribution in [3.8, 4) is 11.3 Å². The Hall–Kier alpha value is -2.10. The monoisotopic (exact) mass is 631 g/mol. The molecule has 4 aromatic rings. The van der Waals surface area contributed by atoms with Gasteiger partial charge in [0.25, 0.3) is 0 Å². The first-order valence-electron chi connectivity index (χ1n) is 12.3. The first kappa shape index (κ1) is 25.0. The smallest absolute Gasteiger partial charge is 0.0601 e. The predicted molar refractivity (Wildman–Crippen MR) is 135 cm³/mol. The van der Waals surface area contributed by atoms with Gasteiger partial charge in [-0.05, 0) is 54.1 Å². The number of pyridine rings is 1. The normalized spacial score (nSPS) is 24.3. The number of aliphatic hydroxyl groups excluding tert-OH is 2. The van der Waals surface area contributed by atoms with Crippen molar-refractivity contribution in [1.82, 2.24) is 4.98 Å². The summed E-state index contributed by atoms with van der Waals surface area (Å²) in [5, 5.41) is 23.4. The van der Waals surface area contributed by atoms with Crippen molar-refractivity contribution in [3.05, 3.63) is 78.9 Å². The van der Waals surface area contributed by atoms with Crippen LogP contribution >= 0.6 is 0 Å². The summed E-state index contributed by atoms with van der Waals surface area (Å²) >= 11 is 0. The standard InChI is InChI=1S/C19H12N.C11H20O2.Ir/c1-2-7-15(8-3-1)18-13-11-17-16-9-5-4-6-14(16)10-12-19(17)20-18;12-9-6-2-1-4-8-5-3-7-10(13)11(8)9;/h1-7,9-13H;8-13H,1-7H2;/q-1;;. The van der Waals surface area contributed by atoms with E-state index in [0.29, 0.717) is 5.92 Å². The summed E-state index contributed by atoms with van der Waals surface area (Å²) in [6, 6.07) is 28.0. The van der Waals surface area contributed by atoms with Crippen molar-refractivity contribution in [1.29, 1.82) is 0 Å². The van der Waals surface area contributed by atoms with Gasteiger partial charge < -0.3 is 10.2 Å². The fraction of sp³-hybridized carbons (Fsp3) is 0.367. The Kier molecular flexibility index (Phi) is 8.50. The molecule has 2 fully saturated rings. The Bertz CT molecular complexity index is 1210. The molecule has 34 heavy (non-hydrogen) atoms. The largest absolute Gasteiger partial charge is 0.393 e. The summed E-state index contributed by atoms with van der Waals surface area (Å²) in [5.74, 6) is 0.789. The average molecular weight is 631 g/mol. The van der Waals surface area contributed by atoms with Gasteiger partial charge >= 0.3 is 0 Å². The van der Waals surface area contributed by atoms with Gasteiger partial charge in [0, 0.05) is 31.4 Å². The molecule has 4 unspecified atom stereocenters. The molecule has 0 aliphatic heterocycles. The molecule has 3 aromatic carbocycles. The van der Waals surface area contributed by atoms with Crippen molar-refractivity contribution >= 4 is 21.7 Å². The molecule has 3 nitrogen and oxygen atoms in total. The van der Waals surface area contributed by atoms with Crippen LogP contribution in [0, 0.1) is 17.9 Å². The van der Waals surface area contributed by atoms with Crippen LogP contribution in [-0.4, -0.2) is 27.4 Å². The molecule has 2 N–H and O–H groups in total. The minimum atomic E-state index is -0.234. The van der Waals surface area contributed by atoms with E-state index in [1.54, 1.807) is 0 Å². The number of nitrogens with zero attached hydrogens (tertiary/aromatic N) is 1. The number of benzene rings is 3. The Morgan fingerprint density at radius 1 is 0.706 bits per heavy atom. The molecule has 0 amide bonds. The minimum absolute atomic E-state index is 0. The van der Waals surface area contributed by atoms with Crippen LogP contribution < -0.4 is 0 Å². The molecular weight excluding hydrogens is 599 g/mol. The van der Waals surface area contributed by atoms with E-state index in [1.165, 1.54) is 35.4 Å². The zero-order valence-corrected chi connectivity index (χ0v) is 21.8. The summed E-state index contributed by atoms with van der Waals surface area (Å²) in [4.78, 5) is 4.76. The van der Waals surface area contributed by atoms with Gasteiger partial charge in [-0.3, -0.25) is 4.98 Å². The van der Waals surface area contributed by atoms with Crippen molar-refractivity contribution in [3.63, 3.8) is 0 Å². The van der Waals surface area contributed by atoms with Gasteiger partial charge in [0.15, 0.2) is 0 Å². The number of hydrogen-bond acceptors (Lipinski definition) is 3. The molecule has 1 radical (unpaired) electrons. The average Bonchev–Trinajstić information content (AvgIpc) is 3.06. The molecule has 0 saturated heterocycles. The summed E-state index contributed by atoms with van der Waals surface area (Å²) in [6.07, 6.45) is 7.31. The maximum absolute atomic E-state index is 9.89. The molecular formula is C30H32IrNO2-. The number of hydrogen-bond donors (Lipinski definition) is 2. The van der Waals surface area contributed by atoms with Gasteiger partial charge in [-0.15, -0.1) is 35.9 Å². The SMILES string of the molecule is OC1CCCCC2CCCC(O)C12.[Ir].[c-]1ccccc1-c1ccc2c(ccc3ccccc32)n1. The van der Waals surface area contributed by atoms with E-state index in [-0.39, 0.29) is 38.2 Å². The van der Waals surface area contributed by atoms with Crippen LogP contribution in [0.4, 0.5) is 0 Å². The molecule has 4 atom stereocenters. The van der Waals surface area contributed by atoms with Crippen LogP contribution in [0.15, 0.2) is 72.8 Å². The van der Waals surface area contributed by atoms with Crippen LogP contribution in [0.2, 0.25) is 0 Å². The molecule has 1 heterocycles. The fourth-order valence-electron chi connectivity index (χ4n) is 5.74. The number of fused-ring (bicyclic) bond motifs is 4. The van der Waals surface area contributed by atoms with Crippen molar-refractivity contribution in [2.45, 2.75) is 57.2 Å². The van der Waals surface area contributed by atoms with Crippen LogP contribution in [0.3, 0.4) is 0 Å². The van der Waals surface area contributed by atoms with Crippen LogP contribution in [0.1, 0.15) is 44.9 Å². The maximum Gasteiger partial charge on any atom is 0.0601 e. The van der Waals surface area contributed by atoms with Gasteiger partial charge in [0.2, 0.25) is 0 Å². The zero-order chi connectivity index (χ0) is 22.6. The molecule has 4 heteroatoms. The first-order valence-corrected chi connectivity index (χ1v) is 12.3. The quantitative estimate of drug-likeness (QED) is 0.185. The van der Waals surface area contributed by atoms with E-state index in [0.717, 1.165) is 42.5 Å². The molecule has 2 saturated carbocycles. The molecule has 1 aromatic heterocycles. The second kappa shape index (κ2) is 11.6. The van der Waals surface area contributed by atoms with E-state index >= 15 is 0 Å². The predicted octanol–water partition coefficient (Wildman–Crippen LogP) is 6.55. The summed E-state index contributed by atoms with van der Waals surface area (Å²) in [6.45, 7) is 0. The third kappa shape index (κ3) is 5.42. The van der Waals surface area contributed by atoms with Crippen LogP contribution in [0.25, 0.3) is 32.9 Å². The second-order valence-electron chi connectivity index (χ2n) is 9.51. The van der Waals surface area contributed by atoms with E-state index in [1.807, 2.05) is 24.3 Å². The Balaban J connectivity index is 0.000000171. The Morgan fingerprint density at radius 2 is 1.44 bits per heavy atom. The molecule has 179 valence electrons. The second-order valence-corrected chi connectivity index (χ2v) is 9.51. The number of aromatic nitrogens is 1. The van der Waals surface area contributed by atoms with Crippen LogP contribution in [-0.2, 0) is 20.1 Å². The fourth-order valence-corrected chi connectivity index (χ4v) is 5.74. The topological polar surface area (TPSA) is 53.4 Å². The Labute approximate surface area is 215 Å². The third-order valence-corrected chi connectivity index (χ3v) is 7.41. The van der Waals surface area contributed by atoms with Crippen molar-refractivity contribution in [2.75, 3.05) is 0 Å². The third-order valence-electron chi connectivity index (χ3n) is 7.41. The summed E-state index contributed by atoms with van der Waals surface area (Å²) in [5.41, 5.74) is 3.02. The van der Waals surface area contributed by atoms with E-state index in [9.17, 15) is 10.2 Å². The van der Waals surface area contributed by atoms with E-state index in [4.69, 9.17) is 4.98 Å². The molecule has 6 rings (SSSR count). The maximum atomic E-state index is 9.89. The van der Waals surface area contributed by atoms with E-state index < -0.39 is 0 Å². The molecule has 0 bridgehead atoms. The van der Waals surface area contributed by atoms with Crippen molar-refractivity contribution < 1.29 is 30.3 Å². The number of rotatable bonds is 1. The summed E-state index contributed by atoms with van der Waals surface area (Å²) < 4.78 is 0. The van der Waals surface area contributed by atoms with Gasteiger partial charge in [-0.1, -0.05) is 61.7 Å². The van der Waals surface area contributed by atoms with Crippen molar-refractivity contribution in [2.24, 2.45) is 11.8 Å². The molecule has 2 aliphatic rings. The van der Waals surface area contributed by atoms with Gasteiger partial charge in [0.05, 0.1) is 17.7 Å². The van der Waals surface area contributed by atoms with Gasteiger partial charge in [0.1, 0.15) is 0 Å². The van der Waals surface area contributed by atoms with Gasteiger partial charge in [-0.25, -0.2) is 0 Å². The van der Waals surface area contributed by atoms with E-state index in [2.05, 4.69) is 54.6 Å². The minimum Gasteiger partial charge on any atom is -0.393 e. The molecule has 2 aliphatic carbocycles. The first-order chi connectivity index (χ1) is 16.2. The number of aliphatic hydroxyl groups is 2. The Morgan fingerprint density at radius 3 is 2.26 bits per heavy atom. The van der Waals surface area contributed by atoms with Gasteiger partial charge in [-0.2, -0.15) is 0 Å². The van der Waals surface area contributed by atoms with Crippen LogP contribution in [0.5, 0.6) is 0 Å². The molecule has 0 spiro atoms.